The number of nitrogens with two attached hydrogens (primary N) is 1. The second-order valence-corrected chi connectivity index (χ2v) is 8.07. The zero-order chi connectivity index (χ0) is 28.0. The molecule has 13 heteroatoms. The molecule has 0 aliphatic carbocycles. The number of urea groups is 1. The van der Waals surface area contributed by atoms with E-state index in [9.17, 15) is 22.8 Å². The van der Waals surface area contributed by atoms with Gasteiger partial charge < -0.3 is 31.3 Å². The van der Waals surface area contributed by atoms with Crippen LogP contribution in [0.15, 0.2) is 85.1 Å². The monoisotopic (exact) mass is 537 g/mol. The van der Waals surface area contributed by atoms with E-state index in [0.717, 1.165) is 17.8 Å². The SMILES string of the molecule is CN(c1ccc(NC(=O)Nc2ccc(OC(F)(F)F)cc2)cc1)c1ccnc(Nc2cccc(C(N)=O)c2)n1. The lowest BCUT2D eigenvalue weighted by molar-refractivity contribution is -0.274. The van der Waals surface area contributed by atoms with Gasteiger partial charge in [-0.1, -0.05) is 6.07 Å². The van der Waals surface area contributed by atoms with E-state index in [4.69, 9.17) is 5.73 Å². The minimum Gasteiger partial charge on any atom is -0.406 e. The molecule has 0 spiro atoms. The molecule has 0 aliphatic rings. The Hall–Kier alpha value is -5.33. The molecule has 4 aromatic rings. The fourth-order valence-electron chi connectivity index (χ4n) is 3.41. The molecule has 10 nitrogen and oxygen atoms in total. The molecule has 1 aromatic heterocycles. The first-order chi connectivity index (χ1) is 18.6. The van der Waals surface area contributed by atoms with E-state index < -0.39 is 24.1 Å². The van der Waals surface area contributed by atoms with Crippen molar-refractivity contribution in [2.24, 2.45) is 5.73 Å². The van der Waals surface area contributed by atoms with E-state index >= 15 is 0 Å². The molecule has 3 aromatic carbocycles. The topological polar surface area (TPSA) is 134 Å². The van der Waals surface area contributed by atoms with Gasteiger partial charge in [0, 0.05) is 41.6 Å². The minimum absolute atomic E-state index is 0.285. The predicted octanol–water partition coefficient (Wildman–Crippen LogP) is 5.63. The van der Waals surface area contributed by atoms with Crippen LogP contribution < -0.4 is 31.3 Å². The number of carbonyl (C=O) groups excluding carboxylic acids is 2. The number of alkyl halides is 3. The highest BCUT2D eigenvalue weighted by molar-refractivity contribution is 5.99. The molecule has 0 aliphatic heterocycles. The van der Waals surface area contributed by atoms with Crippen LogP contribution in [0.1, 0.15) is 10.4 Å². The lowest BCUT2D eigenvalue weighted by Crippen LogP contribution is -2.20. The Morgan fingerprint density at radius 3 is 2.15 bits per heavy atom. The number of nitrogens with zero attached hydrogens (tertiary/aromatic N) is 3. The van der Waals surface area contributed by atoms with Gasteiger partial charge in [0.1, 0.15) is 11.6 Å². The van der Waals surface area contributed by atoms with E-state index in [-0.39, 0.29) is 5.69 Å². The molecule has 0 atom stereocenters. The molecular formula is C26H22F3N7O3. The average Bonchev–Trinajstić information content (AvgIpc) is 2.89. The number of amides is 3. The Kier molecular flexibility index (Phi) is 7.80. The summed E-state index contributed by atoms with van der Waals surface area (Å²) in [5, 5.41) is 8.22. The Labute approximate surface area is 220 Å². The molecule has 0 saturated heterocycles. The number of carbonyl (C=O) groups is 2. The second-order valence-electron chi connectivity index (χ2n) is 8.07. The smallest absolute Gasteiger partial charge is 0.406 e. The van der Waals surface area contributed by atoms with Crippen molar-refractivity contribution in [1.29, 1.82) is 0 Å². The first-order valence-corrected chi connectivity index (χ1v) is 11.3. The summed E-state index contributed by atoms with van der Waals surface area (Å²) in [5.74, 6) is -0.0435. The summed E-state index contributed by atoms with van der Waals surface area (Å²) < 4.78 is 40.6. The highest BCUT2D eigenvalue weighted by Gasteiger charge is 2.31. The van der Waals surface area contributed by atoms with Crippen molar-refractivity contribution in [3.63, 3.8) is 0 Å². The van der Waals surface area contributed by atoms with Crippen LogP contribution in [0.2, 0.25) is 0 Å². The fraction of sp³-hybridized carbons (Fsp3) is 0.0769. The molecule has 0 unspecified atom stereocenters. The number of benzene rings is 3. The summed E-state index contributed by atoms with van der Waals surface area (Å²) in [7, 11) is 1.81. The van der Waals surface area contributed by atoms with Crippen molar-refractivity contribution in [1.82, 2.24) is 9.97 Å². The van der Waals surface area contributed by atoms with Gasteiger partial charge in [-0.3, -0.25) is 4.79 Å². The summed E-state index contributed by atoms with van der Waals surface area (Å²) in [4.78, 5) is 34.2. The summed E-state index contributed by atoms with van der Waals surface area (Å²) in [6.07, 6.45) is -3.21. The maximum absolute atomic E-state index is 12.3. The third-order valence-electron chi connectivity index (χ3n) is 5.25. The number of hydrogen-bond acceptors (Lipinski definition) is 7. The molecule has 200 valence electrons. The van der Waals surface area contributed by atoms with E-state index in [1.54, 1.807) is 72.7 Å². The quantitative estimate of drug-likeness (QED) is 0.229. The molecule has 39 heavy (non-hydrogen) atoms. The van der Waals surface area contributed by atoms with Crippen molar-refractivity contribution < 1.29 is 27.5 Å². The highest BCUT2D eigenvalue weighted by atomic mass is 19.4. The first-order valence-electron chi connectivity index (χ1n) is 11.3. The molecule has 0 bridgehead atoms. The highest BCUT2D eigenvalue weighted by Crippen LogP contribution is 2.26. The van der Waals surface area contributed by atoms with Crippen molar-refractivity contribution in [3.8, 4) is 5.75 Å². The van der Waals surface area contributed by atoms with E-state index in [1.807, 2.05) is 0 Å². The molecule has 1 heterocycles. The van der Waals surface area contributed by atoms with Crippen LogP contribution >= 0.6 is 0 Å². The number of aromatic nitrogens is 2. The van der Waals surface area contributed by atoms with Crippen LogP contribution in [-0.2, 0) is 0 Å². The van der Waals surface area contributed by atoms with Gasteiger partial charge in [0.25, 0.3) is 0 Å². The molecule has 3 amide bonds. The lowest BCUT2D eigenvalue weighted by atomic mass is 10.2. The predicted molar refractivity (Wildman–Crippen MR) is 141 cm³/mol. The molecular weight excluding hydrogens is 515 g/mol. The van der Waals surface area contributed by atoms with Crippen molar-refractivity contribution >= 4 is 46.5 Å². The zero-order valence-electron chi connectivity index (χ0n) is 20.4. The summed E-state index contributed by atoms with van der Waals surface area (Å²) in [6, 6.07) is 19.5. The number of anilines is 6. The van der Waals surface area contributed by atoms with Gasteiger partial charge in [-0.05, 0) is 72.8 Å². The van der Waals surface area contributed by atoms with E-state index in [1.165, 1.54) is 12.1 Å². The summed E-state index contributed by atoms with van der Waals surface area (Å²) in [6.45, 7) is 0. The number of rotatable bonds is 8. The zero-order valence-corrected chi connectivity index (χ0v) is 20.4. The Morgan fingerprint density at radius 2 is 1.54 bits per heavy atom. The Balaban J connectivity index is 1.36. The number of primary amides is 1. The summed E-state index contributed by atoms with van der Waals surface area (Å²) >= 11 is 0. The van der Waals surface area contributed by atoms with Crippen LogP contribution in [0.25, 0.3) is 0 Å². The van der Waals surface area contributed by atoms with E-state index in [2.05, 4.69) is 30.7 Å². The number of hydrogen-bond donors (Lipinski definition) is 4. The Morgan fingerprint density at radius 1 is 0.897 bits per heavy atom. The van der Waals surface area contributed by atoms with Gasteiger partial charge in [0.05, 0.1) is 0 Å². The third-order valence-corrected chi connectivity index (χ3v) is 5.25. The number of halogens is 3. The lowest BCUT2D eigenvalue weighted by Gasteiger charge is -2.19. The first kappa shape index (κ1) is 26.7. The molecule has 4 rings (SSSR count). The van der Waals surface area contributed by atoms with Crippen molar-refractivity contribution in [3.05, 3.63) is 90.6 Å². The van der Waals surface area contributed by atoms with Crippen LogP contribution in [0, 0.1) is 0 Å². The fourth-order valence-corrected chi connectivity index (χ4v) is 3.41. The van der Waals surface area contributed by atoms with Crippen LogP contribution in [-0.4, -0.2) is 35.3 Å². The van der Waals surface area contributed by atoms with Gasteiger partial charge in [-0.2, -0.15) is 4.98 Å². The number of ether oxygens (including phenoxy) is 1. The van der Waals surface area contributed by atoms with Gasteiger partial charge in [0.15, 0.2) is 0 Å². The molecule has 0 radical (unpaired) electrons. The standard InChI is InChI=1S/C26H22F3N7O3/c1-36(22-13-14-31-24(35-22)32-19-4-2-3-16(15-19)23(30)37)20-9-5-17(6-10-20)33-25(38)34-18-7-11-21(12-8-18)39-26(27,28)29/h2-15H,1H3,(H2,30,37)(H,31,32,35)(H2,33,34,38). The second kappa shape index (κ2) is 11.4. The van der Waals surface area contributed by atoms with Gasteiger partial charge in [-0.25, -0.2) is 9.78 Å². The van der Waals surface area contributed by atoms with Crippen LogP contribution in [0.4, 0.5) is 52.5 Å². The maximum Gasteiger partial charge on any atom is 0.573 e. The average molecular weight is 538 g/mol. The Bertz CT molecular complexity index is 1460. The molecule has 0 fully saturated rings. The molecule has 0 saturated carbocycles. The van der Waals surface area contributed by atoms with E-state index in [0.29, 0.717) is 28.7 Å². The largest absolute Gasteiger partial charge is 0.573 e. The van der Waals surface area contributed by atoms with Gasteiger partial charge in [0.2, 0.25) is 11.9 Å². The van der Waals surface area contributed by atoms with Crippen molar-refractivity contribution in [2.75, 3.05) is 27.9 Å². The third kappa shape index (κ3) is 7.58. The summed E-state index contributed by atoms with van der Waals surface area (Å²) in [5.41, 5.74) is 7.82. The van der Waals surface area contributed by atoms with Crippen LogP contribution in [0.5, 0.6) is 5.75 Å². The number of nitrogens with one attached hydrogen (secondary N) is 3. The van der Waals surface area contributed by atoms with Crippen LogP contribution in [0.3, 0.4) is 0 Å². The minimum atomic E-state index is -4.79. The maximum atomic E-state index is 12.3. The molecule has 5 N–H and O–H groups in total. The normalized spacial score (nSPS) is 10.9. The van der Waals surface area contributed by atoms with Crippen molar-refractivity contribution in [2.45, 2.75) is 6.36 Å². The van der Waals surface area contributed by atoms with Gasteiger partial charge >= 0.3 is 12.4 Å². The van der Waals surface area contributed by atoms with Gasteiger partial charge in [-0.15, -0.1) is 13.2 Å².